The van der Waals surface area contributed by atoms with Crippen molar-refractivity contribution in [1.82, 2.24) is 10.2 Å². The van der Waals surface area contributed by atoms with Crippen LogP contribution in [0.4, 0.5) is 0 Å². The van der Waals surface area contributed by atoms with Gasteiger partial charge in [-0.1, -0.05) is 36.2 Å². The van der Waals surface area contributed by atoms with Gasteiger partial charge in [0.15, 0.2) is 0 Å². The highest BCUT2D eigenvalue weighted by Gasteiger charge is 2.29. The first-order valence-electron chi connectivity index (χ1n) is 8.75. The Kier molecular flexibility index (Phi) is 4.99. The molecule has 2 fully saturated rings. The molecule has 1 aliphatic heterocycles. The van der Waals surface area contributed by atoms with E-state index in [0.29, 0.717) is 6.42 Å². The van der Waals surface area contributed by atoms with Crippen LogP contribution >= 0.6 is 0 Å². The summed E-state index contributed by atoms with van der Waals surface area (Å²) >= 11 is 0. The largest absolute Gasteiger partial charge is 0.353 e. The molecule has 1 N–H and O–H groups in total. The summed E-state index contributed by atoms with van der Waals surface area (Å²) < 4.78 is 0. The van der Waals surface area contributed by atoms with Crippen molar-refractivity contribution in [2.24, 2.45) is 5.92 Å². The summed E-state index contributed by atoms with van der Waals surface area (Å²) in [4.78, 5) is 26.3. The van der Waals surface area contributed by atoms with Gasteiger partial charge in [-0.3, -0.25) is 9.59 Å². The molecule has 1 saturated carbocycles. The Hall–Kier alpha value is -1.84. The van der Waals surface area contributed by atoms with E-state index in [4.69, 9.17) is 0 Å². The van der Waals surface area contributed by atoms with Crippen molar-refractivity contribution in [1.29, 1.82) is 0 Å². The highest BCUT2D eigenvalue weighted by Crippen LogP contribution is 2.26. The van der Waals surface area contributed by atoms with Gasteiger partial charge in [0.05, 0.1) is 6.42 Å². The van der Waals surface area contributed by atoms with Gasteiger partial charge in [0.2, 0.25) is 11.8 Å². The number of piperidine rings is 1. The Morgan fingerprint density at radius 1 is 1.09 bits per heavy atom. The fourth-order valence-corrected chi connectivity index (χ4v) is 3.26. The van der Waals surface area contributed by atoms with Crippen molar-refractivity contribution in [3.05, 3.63) is 35.4 Å². The summed E-state index contributed by atoms with van der Waals surface area (Å²) in [6.45, 7) is 3.55. The Labute approximate surface area is 138 Å². The zero-order chi connectivity index (χ0) is 16.2. The summed E-state index contributed by atoms with van der Waals surface area (Å²) in [5.74, 6) is 0.662. The van der Waals surface area contributed by atoms with Crippen molar-refractivity contribution in [3.8, 4) is 0 Å². The van der Waals surface area contributed by atoms with E-state index in [1.165, 1.54) is 12.0 Å². The van der Waals surface area contributed by atoms with Crippen LogP contribution in [0.3, 0.4) is 0 Å². The lowest BCUT2D eigenvalue weighted by Gasteiger charge is -2.34. The Bertz CT molecular complexity index is 555. The van der Waals surface area contributed by atoms with Crippen LogP contribution in [0.2, 0.25) is 0 Å². The summed E-state index contributed by atoms with van der Waals surface area (Å²) in [7, 11) is 0. The summed E-state index contributed by atoms with van der Waals surface area (Å²) in [6, 6.07) is 8.39. The van der Waals surface area contributed by atoms with Crippen LogP contribution in [0, 0.1) is 12.8 Å². The predicted octanol–water partition coefficient (Wildman–Crippen LogP) is 2.44. The fourth-order valence-electron chi connectivity index (χ4n) is 3.26. The quantitative estimate of drug-likeness (QED) is 0.928. The number of nitrogens with one attached hydrogen (secondary N) is 1. The minimum absolute atomic E-state index is 0.192. The Morgan fingerprint density at radius 3 is 2.30 bits per heavy atom. The second kappa shape index (κ2) is 7.16. The second-order valence-electron chi connectivity index (χ2n) is 6.95. The van der Waals surface area contributed by atoms with E-state index in [-0.39, 0.29) is 23.8 Å². The molecule has 4 heteroatoms. The minimum atomic E-state index is 0.192. The van der Waals surface area contributed by atoms with Crippen molar-refractivity contribution in [3.63, 3.8) is 0 Å². The van der Waals surface area contributed by atoms with Gasteiger partial charge in [-0.25, -0.2) is 0 Å². The summed E-state index contributed by atoms with van der Waals surface area (Å²) in [5, 5.41) is 3.16. The maximum Gasteiger partial charge on any atom is 0.226 e. The Balaban J connectivity index is 1.43. The number of hydrogen-bond acceptors (Lipinski definition) is 2. The molecule has 0 spiro atoms. The molecule has 1 aromatic carbocycles. The normalized spacial score (nSPS) is 19.3. The van der Waals surface area contributed by atoms with Crippen LogP contribution in [0.25, 0.3) is 0 Å². The third-order valence-electron chi connectivity index (χ3n) is 5.15. The second-order valence-corrected chi connectivity index (χ2v) is 6.95. The molecule has 4 nitrogen and oxygen atoms in total. The average molecular weight is 314 g/mol. The number of rotatable bonds is 4. The van der Waals surface area contributed by atoms with E-state index < -0.39 is 0 Å². The highest BCUT2D eigenvalue weighted by atomic mass is 16.2. The SMILES string of the molecule is Cc1ccc(CC(=O)N2CCC(NC(=O)C3CCC3)CC2)cc1. The fraction of sp³-hybridized carbons (Fsp3) is 0.579. The number of benzene rings is 1. The zero-order valence-electron chi connectivity index (χ0n) is 13.9. The van der Waals surface area contributed by atoms with Crippen molar-refractivity contribution < 1.29 is 9.59 Å². The summed E-state index contributed by atoms with van der Waals surface area (Å²) in [6.07, 6.45) is 5.49. The van der Waals surface area contributed by atoms with E-state index >= 15 is 0 Å². The number of likely N-dealkylation sites (tertiary alicyclic amines) is 1. The lowest BCUT2D eigenvalue weighted by atomic mass is 9.84. The molecule has 2 aliphatic rings. The van der Waals surface area contributed by atoms with Gasteiger partial charge in [-0.15, -0.1) is 0 Å². The van der Waals surface area contributed by atoms with E-state index in [1.54, 1.807) is 0 Å². The van der Waals surface area contributed by atoms with Gasteiger partial charge in [0, 0.05) is 25.0 Å². The molecule has 2 amide bonds. The number of aryl methyl sites for hydroxylation is 1. The van der Waals surface area contributed by atoms with Crippen molar-refractivity contribution in [2.45, 2.75) is 51.5 Å². The third-order valence-corrected chi connectivity index (χ3v) is 5.15. The average Bonchev–Trinajstić information content (AvgIpc) is 2.48. The number of hydrogen-bond donors (Lipinski definition) is 1. The molecular formula is C19H26N2O2. The number of nitrogens with zero attached hydrogens (tertiary/aromatic N) is 1. The smallest absolute Gasteiger partial charge is 0.226 e. The van der Waals surface area contributed by atoms with Crippen molar-refractivity contribution in [2.75, 3.05) is 13.1 Å². The molecule has 1 saturated heterocycles. The zero-order valence-corrected chi connectivity index (χ0v) is 13.9. The molecule has 0 aromatic heterocycles. The molecule has 0 radical (unpaired) electrons. The molecule has 3 rings (SSSR count). The molecular weight excluding hydrogens is 288 g/mol. The van der Waals surface area contributed by atoms with Crippen LogP contribution in [0.15, 0.2) is 24.3 Å². The lowest BCUT2D eigenvalue weighted by Crippen LogP contribution is -2.48. The first kappa shape index (κ1) is 16.0. The van der Waals surface area contributed by atoms with Crippen LogP contribution in [0.1, 0.15) is 43.2 Å². The van der Waals surface area contributed by atoms with E-state index in [9.17, 15) is 9.59 Å². The number of carbonyl (C=O) groups excluding carboxylic acids is 2. The van der Waals surface area contributed by atoms with Gasteiger partial charge in [-0.05, 0) is 38.2 Å². The predicted molar refractivity (Wildman–Crippen MR) is 90.0 cm³/mol. The molecule has 124 valence electrons. The van der Waals surface area contributed by atoms with Crippen LogP contribution in [-0.2, 0) is 16.0 Å². The summed E-state index contributed by atoms with van der Waals surface area (Å²) in [5.41, 5.74) is 2.28. The molecule has 0 bridgehead atoms. The number of amides is 2. The first-order valence-corrected chi connectivity index (χ1v) is 8.75. The van der Waals surface area contributed by atoms with Crippen molar-refractivity contribution >= 4 is 11.8 Å². The van der Waals surface area contributed by atoms with Crippen LogP contribution < -0.4 is 5.32 Å². The molecule has 0 atom stereocenters. The van der Waals surface area contributed by atoms with Gasteiger partial charge < -0.3 is 10.2 Å². The Morgan fingerprint density at radius 2 is 1.74 bits per heavy atom. The van der Waals surface area contributed by atoms with E-state index in [2.05, 4.69) is 5.32 Å². The maximum absolute atomic E-state index is 12.4. The standard InChI is InChI=1S/C19H26N2O2/c1-14-5-7-15(8-6-14)13-18(22)21-11-9-17(10-12-21)20-19(23)16-3-2-4-16/h5-8,16-17H,2-4,9-13H2,1H3,(H,20,23). The molecule has 1 aliphatic carbocycles. The van der Waals surface area contributed by atoms with E-state index in [1.807, 2.05) is 36.1 Å². The first-order chi connectivity index (χ1) is 11.1. The highest BCUT2D eigenvalue weighted by molar-refractivity contribution is 5.80. The minimum Gasteiger partial charge on any atom is -0.353 e. The monoisotopic (exact) mass is 314 g/mol. The van der Waals surface area contributed by atoms with Gasteiger partial charge in [-0.2, -0.15) is 0 Å². The van der Waals surface area contributed by atoms with Gasteiger partial charge >= 0.3 is 0 Å². The third kappa shape index (κ3) is 4.12. The maximum atomic E-state index is 12.4. The topological polar surface area (TPSA) is 49.4 Å². The van der Waals surface area contributed by atoms with Gasteiger partial charge in [0.1, 0.15) is 0 Å². The van der Waals surface area contributed by atoms with Crippen LogP contribution in [0.5, 0.6) is 0 Å². The lowest BCUT2D eigenvalue weighted by molar-refractivity contribution is -0.132. The molecule has 1 aromatic rings. The molecule has 1 heterocycles. The van der Waals surface area contributed by atoms with E-state index in [0.717, 1.165) is 44.3 Å². The van der Waals surface area contributed by atoms with Gasteiger partial charge in [0.25, 0.3) is 0 Å². The molecule has 23 heavy (non-hydrogen) atoms. The molecule has 0 unspecified atom stereocenters. The van der Waals surface area contributed by atoms with Crippen LogP contribution in [-0.4, -0.2) is 35.8 Å². The number of carbonyl (C=O) groups is 2.